The average molecular weight is 278 g/mol. The van der Waals surface area contributed by atoms with Crippen LogP contribution in [-0.2, 0) is 4.79 Å². The van der Waals surface area contributed by atoms with Crippen LogP contribution >= 0.6 is 11.8 Å². The van der Waals surface area contributed by atoms with E-state index in [1.807, 2.05) is 0 Å². The summed E-state index contributed by atoms with van der Waals surface area (Å²) in [7, 11) is 1.51. The van der Waals surface area contributed by atoms with Crippen molar-refractivity contribution in [2.75, 3.05) is 12.9 Å². The minimum absolute atomic E-state index is 0.0623. The second-order valence-electron chi connectivity index (χ2n) is 3.61. The van der Waals surface area contributed by atoms with E-state index in [1.54, 1.807) is 6.07 Å². The predicted molar refractivity (Wildman–Crippen MR) is 74.6 cm³/mol. The molecule has 19 heavy (non-hydrogen) atoms. The molecule has 0 fully saturated rings. The Hall–Kier alpha value is -1.93. The summed E-state index contributed by atoms with van der Waals surface area (Å²) in [4.78, 5) is 21.6. The minimum Gasteiger partial charge on any atom is -0.495 e. The molecule has 0 heterocycles. The van der Waals surface area contributed by atoms with Gasteiger partial charge in [-0.3, -0.25) is 4.79 Å². The Labute approximate surface area is 116 Å². The molecule has 100 valence electrons. The van der Waals surface area contributed by atoms with E-state index < -0.39 is 5.97 Å². The Morgan fingerprint density at radius 1 is 1.42 bits per heavy atom. The fourth-order valence-corrected chi connectivity index (χ4v) is 1.83. The van der Waals surface area contributed by atoms with Crippen molar-refractivity contribution in [2.24, 2.45) is 0 Å². The number of benzene rings is 1. The second kappa shape index (κ2) is 7.49. The summed E-state index contributed by atoms with van der Waals surface area (Å²) < 4.78 is 5.12. The van der Waals surface area contributed by atoms with E-state index in [2.05, 4.69) is 11.8 Å². The van der Waals surface area contributed by atoms with Crippen LogP contribution in [0.1, 0.15) is 29.3 Å². The van der Waals surface area contributed by atoms with Crippen LogP contribution in [0.25, 0.3) is 0 Å². The minimum atomic E-state index is -1.00. The van der Waals surface area contributed by atoms with E-state index in [4.69, 9.17) is 9.84 Å². The summed E-state index contributed by atoms with van der Waals surface area (Å²) in [6.07, 6.45) is 0.560. The summed E-state index contributed by atoms with van der Waals surface area (Å²) in [6, 6.07) is 4.53. The lowest BCUT2D eigenvalue weighted by atomic mass is 10.1. The van der Waals surface area contributed by atoms with Gasteiger partial charge in [-0.2, -0.15) is 0 Å². The first-order valence-corrected chi connectivity index (χ1v) is 6.56. The predicted octanol–water partition coefficient (Wildman–Crippen LogP) is 2.41. The van der Waals surface area contributed by atoms with Crippen LogP contribution in [-0.4, -0.2) is 29.1 Å². The highest BCUT2D eigenvalue weighted by Gasteiger charge is 2.06. The van der Waals surface area contributed by atoms with Crippen molar-refractivity contribution in [3.8, 4) is 17.6 Å². The zero-order valence-electron chi connectivity index (χ0n) is 10.7. The fraction of sp³-hybridized carbons (Fsp3) is 0.286. The maximum Gasteiger partial charge on any atom is 0.335 e. The third-order valence-electron chi connectivity index (χ3n) is 2.20. The first kappa shape index (κ1) is 15.1. The number of aromatic carboxylic acids is 1. The number of rotatable bonds is 4. The molecule has 0 aliphatic rings. The van der Waals surface area contributed by atoms with Gasteiger partial charge in [0.1, 0.15) is 5.75 Å². The van der Waals surface area contributed by atoms with Gasteiger partial charge in [0, 0.05) is 19.1 Å². The Balaban J connectivity index is 2.80. The Kier molecular flexibility index (Phi) is 5.97. The Morgan fingerprint density at radius 3 is 2.74 bits per heavy atom. The van der Waals surface area contributed by atoms with Crippen molar-refractivity contribution in [3.63, 3.8) is 0 Å². The van der Waals surface area contributed by atoms with Crippen molar-refractivity contribution >= 4 is 22.8 Å². The van der Waals surface area contributed by atoms with Crippen LogP contribution in [0.3, 0.4) is 0 Å². The van der Waals surface area contributed by atoms with E-state index in [1.165, 1.54) is 37.9 Å². The summed E-state index contributed by atoms with van der Waals surface area (Å²) in [6.45, 7) is 1.51. The van der Waals surface area contributed by atoms with Gasteiger partial charge in [-0.05, 0) is 18.2 Å². The number of ether oxygens (including phenoxy) is 1. The molecule has 0 spiro atoms. The molecule has 0 aromatic heterocycles. The van der Waals surface area contributed by atoms with Crippen molar-refractivity contribution in [2.45, 2.75) is 13.3 Å². The van der Waals surface area contributed by atoms with Crippen molar-refractivity contribution < 1.29 is 19.4 Å². The summed E-state index contributed by atoms with van der Waals surface area (Å²) in [5.41, 5.74) is 0.707. The third kappa shape index (κ3) is 5.06. The van der Waals surface area contributed by atoms with E-state index in [9.17, 15) is 9.59 Å². The molecule has 0 aliphatic heterocycles. The fourth-order valence-electron chi connectivity index (χ4n) is 1.34. The van der Waals surface area contributed by atoms with Gasteiger partial charge in [-0.1, -0.05) is 23.6 Å². The van der Waals surface area contributed by atoms with Gasteiger partial charge < -0.3 is 9.84 Å². The molecule has 1 aromatic carbocycles. The Morgan fingerprint density at radius 2 is 2.16 bits per heavy atom. The maximum absolute atomic E-state index is 10.9. The molecule has 0 saturated heterocycles. The smallest absolute Gasteiger partial charge is 0.335 e. The summed E-state index contributed by atoms with van der Waals surface area (Å²) in [5.74, 6) is 5.94. The van der Waals surface area contributed by atoms with E-state index in [0.717, 1.165) is 0 Å². The van der Waals surface area contributed by atoms with Crippen LogP contribution in [0.15, 0.2) is 18.2 Å². The lowest BCUT2D eigenvalue weighted by molar-refractivity contribution is -0.109. The van der Waals surface area contributed by atoms with Crippen molar-refractivity contribution in [1.82, 2.24) is 0 Å². The molecule has 4 nitrogen and oxygen atoms in total. The van der Waals surface area contributed by atoms with Crippen LogP contribution in [0, 0.1) is 11.8 Å². The number of methoxy groups -OCH3 is 1. The first-order valence-electron chi connectivity index (χ1n) is 5.58. The second-order valence-corrected chi connectivity index (χ2v) is 4.88. The zero-order valence-corrected chi connectivity index (χ0v) is 11.5. The largest absolute Gasteiger partial charge is 0.495 e. The molecule has 0 amide bonds. The van der Waals surface area contributed by atoms with Gasteiger partial charge in [0.2, 0.25) is 0 Å². The molecule has 1 N–H and O–H groups in total. The molecular formula is C14H14O4S. The van der Waals surface area contributed by atoms with Gasteiger partial charge in [-0.25, -0.2) is 4.79 Å². The van der Waals surface area contributed by atoms with Crippen molar-refractivity contribution in [3.05, 3.63) is 29.3 Å². The molecule has 1 aromatic rings. The first-order chi connectivity index (χ1) is 9.04. The number of carboxylic acids is 1. The highest BCUT2D eigenvalue weighted by atomic mass is 32.2. The van der Waals surface area contributed by atoms with Gasteiger partial charge in [0.25, 0.3) is 0 Å². The Bertz CT molecular complexity index is 540. The molecule has 0 bridgehead atoms. The monoisotopic (exact) mass is 278 g/mol. The molecule has 0 atom stereocenters. The zero-order chi connectivity index (χ0) is 14.3. The number of thioether (sulfide) groups is 1. The third-order valence-corrected chi connectivity index (χ3v) is 3.02. The SMILES string of the molecule is COc1ccc(C(=O)O)cc1C#CCCSC(C)=O. The van der Waals surface area contributed by atoms with Crippen LogP contribution in [0.2, 0.25) is 0 Å². The van der Waals surface area contributed by atoms with E-state index >= 15 is 0 Å². The van der Waals surface area contributed by atoms with E-state index in [-0.39, 0.29) is 10.7 Å². The lowest BCUT2D eigenvalue weighted by Gasteiger charge is -2.03. The maximum atomic E-state index is 10.9. The van der Waals surface area contributed by atoms with Crippen LogP contribution in [0.5, 0.6) is 5.75 Å². The number of carbonyl (C=O) groups is 2. The number of hydrogen-bond donors (Lipinski definition) is 1. The molecule has 0 radical (unpaired) electrons. The molecule has 0 saturated carbocycles. The highest BCUT2D eigenvalue weighted by Crippen LogP contribution is 2.19. The van der Waals surface area contributed by atoms with Crippen LogP contribution in [0.4, 0.5) is 0 Å². The summed E-state index contributed by atoms with van der Waals surface area (Å²) in [5, 5.41) is 8.98. The van der Waals surface area contributed by atoms with E-state index in [0.29, 0.717) is 23.5 Å². The molecule has 0 aliphatic carbocycles. The number of hydrogen-bond acceptors (Lipinski definition) is 4. The van der Waals surface area contributed by atoms with Gasteiger partial charge in [-0.15, -0.1) is 0 Å². The highest BCUT2D eigenvalue weighted by molar-refractivity contribution is 8.13. The molecular weight excluding hydrogens is 264 g/mol. The lowest BCUT2D eigenvalue weighted by Crippen LogP contribution is -1.98. The standard InChI is InChI=1S/C14H14O4S/c1-10(15)19-8-4-3-5-11-9-12(14(16)17)6-7-13(11)18-2/h6-7,9H,4,8H2,1-2H3,(H,16,17). The quantitative estimate of drug-likeness (QED) is 0.677. The molecule has 1 rings (SSSR count). The van der Waals surface area contributed by atoms with Gasteiger partial charge in [0.15, 0.2) is 5.12 Å². The summed E-state index contributed by atoms with van der Waals surface area (Å²) >= 11 is 1.22. The normalized spacial score (nSPS) is 9.37. The average Bonchev–Trinajstić information content (AvgIpc) is 2.37. The van der Waals surface area contributed by atoms with Gasteiger partial charge in [0.05, 0.1) is 18.2 Å². The molecule has 5 heteroatoms. The van der Waals surface area contributed by atoms with Crippen molar-refractivity contribution in [1.29, 1.82) is 0 Å². The van der Waals surface area contributed by atoms with Gasteiger partial charge >= 0.3 is 5.97 Å². The van der Waals surface area contributed by atoms with Crippen LogP contribution < -0.4 is 4.74 Å². The molecule has 0 unspecified atom stereocenters. The number of carbonyl (C=O) groups excluding carboxylic acids is 1. The topological polar surface area (TPSA) is 63.6 Å². The number of carboxylic acid groups (broad SMARTS) is 1.